The third kappa shape index (κ3) is 4.80. The van der Waals surface area contributed by atoms with Crippen LogP contribution in [0.5, 0.6) is 0 Å². The highest BCUT2D eigenvalue weighted by Gasteiger charge is 2.28. The molecule has 5 nitrogen and oxygen atoms in total. The zero-order valence-corrected chi connectivity index (χ0v) is 13.5. The van der Waals surface area contributed by atoms with Crippen LogP contribution in [-0.4, -0.2) is 49.2 Å². The van der Waals surface area contributed by atoms with E-state index in [2.05, 4.69) is 24.1 Å². The Morgan fingerprint density at radius 1 is 1.32 bits per heavy atom. The van der Waals surface area contributed by atoms with Gasteiger partial charge in [-0.1, -0.05) is 30.3 Å². The van der Waals surface area contributed by atoms with E-state index in [1.807, 2.05) is 30.3 Å². The number of rotatable bonds is 6. The van der Waals surface area contributed by atoms with E-state index in [1.54, 1.807) is 0 Å². The van der Waals surface area contributed by atoms with E-state index in [1.165, 1.54) is 0 Å². The molecule has 1 saturated heterocycles. The van der Waals surface area contributed by atoms with Crippen molar-refractivity contribution in [2.75, 3.05) is 32.8 Å². The summed E-state index contributed by atoms with van der Waals surface area (Å²) >= 11 is 0. The van der Waals surface area contributed by atoms with Gasteiger partial charge in [0.15, 0.2) is 0 Å². The number of nitrogens with one attached hydrogen (secondary N) is 1. The summed E-state index contributed by atoms with van der Waals surface area (Å²) in [6, 6.07) is 9.48. The summed E-state index contributed by atoms with van der Waals surface area (Å²) in [6.07, 6.45) is 0.309. The first kappa shape index (κ1) is 16.9. The molecule has 0 saturated carbocycles. The van der Waals surface area contributed by atoms with Crippen LogP contribution in [0.3, 0.4) is 0 Å². The minimum absolute atomic E-state index is 0.00214. The topological polar surface area (TPSA) is 67.6 Å². The Morgan fingerprint density at radius 3 is 2.59 bits per heavy atom. The number of carbonyl (C=O) groups excluding carboxylic acids is 1. The van der Waals surface area contributed by atoms with Crippen LogP contribution in [0.1, 0.15) is 31.9 Å². The van der Waals surface area contributed by atoms with Crippen molar-refractivity contribution < 1.29 is 9.53 Å². The SMILES string of the molecule is CC(C)(CNC(=O)CC(N)c1ccccc1)N1CCOCC1. The molecule has 2 rings (SSSR count). The standard InChI is InChI=1S/C17H27N3O2/c1-17(2,20-8-10-22-11-9-20)13-19-16(21)12-15(18)14-6-4-3-5-7-14/h3-7,15H,8-13,18H2,1-2H3,(H,19,21). The number of hydrogen-bond donors (Lipinski definition) is 2. The van der Waals surface area contributed by atoms with Crippen LogP contribution in [0.25, 0.3) is 0 Å². The van der Waals surface area contributed by atoms with Crippen LogP contribution in [-0.2, 0) is 9.53 Å². The van der Waals surface area contributed by atoms with Gasteiger partial charge in [-0.15, -0.1) is 0 Å². The number of nitrogens with zero attached hydrogens (tertiary/aromatic N) is 1. The maximum atomic E-state index is 12.1. The summed E-state index contributed by atoms with van der Waals surface area (Å²) in [7, 11) is 0. The van der Waals surface area contributed by atoms with Crippen molar-refractivity contribution in [3.05, 3.63) is 35.9 Å². The van der Waals surface area contributed by atoms with Gasteiger partial charge in [-0.05, 0) is 19.4 Å². The second kappa shape index (κ2) is 7.72. The third-order valence-corrected chi connectivity index (χ3v) is 4.22. The normalized spacial score (nSPS) is 18.0. The van der Waals surface area contributed by atoms with Crippen LogP contribution in [0.4, 0.5) is 0 Å². The van der Waals surface area contributed by atoms with Gasteiger partial charge in [-0.3, -0.25) is 9.69 Å². The Balaban J connectivity index is 1.79. The number of amides is 1. The molecule has 1 aliphatic rings. The monoisotopic (exact) mass is 305 g/mol. The van der Waals surface area contributed by atoms with E-state index in [4.69, 9.17) is 10.5 Å². The van der Waals surface area contributed by atoms with E-state index in [9.17, 15) is 4.79 Å². The van der Waals surface area contributed by atoms with Gasteiger partial charge in [0.2, 0.25) is 5.91 Å². The minimum Gasteiger partial charge on any atom is -0.379 e. The first-order valence-electron chi connectivity index (χ1n) is 7.89. The second-order valence-corrected chi connectivity index (χ2v) is 6.41. The molecule has 1 aromatic carbocycles. The molecule has 0 radical (unpaired) electrons. The van der Waals surface area contributed by atoms with Gasteiger partial charge in [-0.25, -0.2) is 0 Å². The third-order valence-electron chi connectivity index (χ3n) is 4.22. The fourth-order valence-electron chi connectivity index (χ4n) is 2.69. The predicted molar refractivity (Wildman–Crippen MR) is 87.5 cm³/mol. The van der Waals surface area contributed by atoms with Crippen LogP contribution in [0.15, 0.2) is 30.3 Å². The molecular formula is C17H27N3O2. The molecule has 0 aliphatic carbocycles. The highest BCUT2D eigenvalue weighted by Crippen LogP contribution is 2.16. The zero-order chi connectivity index (χ0) is 16.0. The smallest absolute Gasteiger partial charge is 0.221 e. The Kier molecular flexibility index (Phi) is 5.94. The summed E-state index contributed by atoms with van der Waals surface area (Å²) in [6.45, 7) is 8.25. The quantitative estimate of drug-likeness (QED) is 0.831. The number of nitrogens with two attached hydrogens (primary N) is 1. The van der Waals surface area contributed by atoms with Gasteiger partial charge in [0.05, 0.1) is 13.2 Å². The lowest BCUT2D eigenvalue weighted by Crippen LogP contribution is -2.55. The van der Waals surface area contributed by atoms with Gasteiger partial charge in [0, 0.05) is 37.6 Å². The summed E-state index contributed by atoms with van der Waals surface area (Å²) in [4.78, 5) is 14.5. The van der Waals surface area contributed by atoms with Gasteiger partial charge in [0.25, 0.3) is 0 Å². The van der Waals surface area contributed by atoms with E-state index in [0.717, 1.165) is 31.9 Å². The molecular weight excluding hydrogens is 278 g/mol. The van der Waals surface area contributed by atoms with Crippen molar-refractivity contribution in [2.24, 2.45) is 5.73 Å². The number of carbonyl (C=O) groups is 1. The number of morpholine rings is 1. The zero-order valence-electron chi connectivity index (χ0n) is 13.5. The summed E-state index contributed by atoms with van der Waals surface area (Å²) in [5, 5.41) is 3.02. The van der Waals surface area contributed by atoms with E-state index < -0.39 is 0 Å². The van der Waals surface area contributed by atoms with Crippen LogP contribution in [0, 0.1) is 0 Å². The fourth-order valence-corrected chi connectivity index (χ4v) is 2.69. The maximum Gasteiger partial charge on any atom is 0.221 e. The molecule has 3 N–H and O–H groups in total. The van der Waals surface area contributed by atoms with Crippen molar-refractivity contribution in [2.45, 2.75) is 31.8 Å². The lowest BCUT2D eigenvalue weighted by Gasteiger charge is -2.40. The first-order valence-corrected chi connectivity index (χ1v) is 7.89. The molecule has 0 spiro atoms. The van der Waals surface area contributed by atoms with Crippen molar-refractivity contribution >= 4 is 5.91 Å². The van der Waals surface area contributed by atoms with Gasteiger partial charge in [0.1, 0.15) is 0 Å². The molecule has 1 unspecified atom stereocenters. The molecule has 0 aromatic heterocycles. The van der Waals surface area contributed by atoms with Gasteiger partial charge < -0.3 is 15.8 Å². The molecule has 1 aliphatic heterocycles. The van der Waals surface area contributed by atoms with Crippen LogP contribution >= 0.6 is 0 Å². The molecule has 1 atom stereocenters. The van der Waals surface area contributed by atoms with Crippen molar-refractivity contribution in [3.63, 3.8) is 0 Å². The highest BCUT2D eigenvalue weighted by atomic mass is 16.5. The molecule has 1 amide bonds. The van der Waals surface area contributed by atoms with Crippen LogP contribution in [0.2, 0.25) is 0 Å². The molecule has 1 fully saturated rings. The highest BCUT2D eigenvalue weighted by molar-refractivity contribution is 5.76. The summed E-state index contributed by atoms with van der Waals surface area (Å²) < 4.78 is 5.38. The lowest BCUT2D eigenvalue weighted by atomic mass is 10.0. The Hall–Kier alpha value is -1.43. The maximum absolute atomic E-state index is 12.1. The predicted octanol–water partition coefficient (Wildman–Crippen LogP) is 1.30. The van der Waals surface area contributed by atoms with Crippen molar-refractivity contribution in [3.8, 4) is 0 Å². The Labute approximate surface area is 132 Å². The summed E-state index contributed by atoms with van der Waals surface area (Å²) in [5.74, 6) is -0.00214. The number of benzene rings is 1. The molecule has 22 heavy (non-hydrogen) atoms. The summed E-state index contributed by atoms with van der Waals surface area (Å²) in [5.41, 5.74) is 7.01. The lowest BCUT2D eigenvalue weighted by molar-refractivity contribution is -0.122. The average molecular weight is 305 g/mol. The average Bonchev–Trinajstić information content (AvgIpc) is 2.55. The van der Waals surface area contributed by atoms with Gasteiger partial charge in [-0.2, -0.15) is 0 Å². The Morgan fingerprint density at radius 2 is 1.95 bits per heavy atom. The largest absolute Gasteiger partial charge is 0.379 e. The van der Waals surface area contributed by atoms with E-state index in [0.29, 0.717) is 13.0 Å². The van der Waals surface area contributed by atoms with Crippen molar-refractivity contribution in [1.82, 2.24) is 10.2 Å². The van der Waals surface area contributed by atoms with Gasteiger partial charge >= 0.3 is 0 Å². The number of hydrogen-bond acceptors (Lipinski definition) is 4. The van der Waals surface area contributed by atoms with E-state index in [-0.39, 0.29) is 17.5 Å². The molecule has 122 valence electrons. The minimum atomic E-state index is -0.257. The molecule has 1 aromatic rings. The molecule has 1 heterocycles. The molecule has 0 bridgehead atoms. The van der Waals surface area contributed by atoms with E-state index >= 15 is 0 Å². The molecule has 5 heteroatoms. The van der Waals surface area contributed by atoms with Crippen molar-refractivity contribution in [1.29, 1.82) is 0 Å². The first-order chi connectivity index (χ1) is 10.5. The number of ether oxygens (including phenoxy) is 1. The fraction of sp³-hybridized carbons (Fsp3) is 0.588. The van der Waals surface area contributed by atoms with Crippen LogP contribution < -0.4 is 11.1 Å². The second-order valence-electron chi connectivity index (χ2n) is 6.41. The Bertz CT molecular complexity index is 470.